The van der Waals surface area contributed by atoms with Gasteiger partial charge in [0, 0.05) is 0 Å². The Balaban J connectivity index is 2.73. The third kappa shape index (κ3) is 4.36. The average molecular weight is 289 g/mol. The molecule has 0 heterocycles. The molecule has 0 atom stereocenters. The van der Waals surface area contributed by atoms with Crippen LogP contribution in [0.5, 0.6) is 0 Å². The lowest BCUT2D eigenvalue weighted by atomic mass is 9.77. The summed E-state index contributed by atoms with van der Waals surface area (Å²) < 4.78 is 31.6. The van der Waals surface area contributed by atoms with Gasteiger partial charge in [-0.15, -0.1) is 0 Å². The van der Waals surface area contributed by atoms with Crippen LogP contribution in [0.2, 0.25) is 0 Å². The molecule has 1 aliphatic rings. The van der Waals surface area contributed by atoms with Crippen LogP contribution in [0, 0.1) is 17.2 Å². The van der Waals surface area contributed by atoms with Crippen LogP contribution in [0.4, 0.5) is 4.79 Å². The van der Waals surface area contributed by atoms with Gasteiger partial charge in [-0.2, -0.15) is 18.4 Å². The lowest BCUT2D eigenvalue weighted by Crippen LogP contribution is -2.54. The standard InChI is InChI=1S/C11H19N3O4S/c1-3-9-4-6-11(8-12,7-5-9)14-19(16,17)13-10(15)18-2/h9,14H,3-7H2,1-2H3,(H,13,15). The third-order valence-corrected chi connectivity index (χ3v) is 4.58. The summed E-state index contributed by atoms with van der Waals surface area (Å²) in [6, 6.07) is 2.03. The maximum absolute atomic E-state index is 11.7. The fraction of sp³-hybridized carbons (Fsp3) is 0.818. The highest BCUT2D eigenvalue weighted by Crippen LogP contribution is 2.33. The first-order chi connectivity index (χ1) is 8.86. The van der Waals surface area contributed by atoms with Gasteiger partial charge in [0.2, 0.25) is 0 Å². The molecule has 1 amide bonds. The van der Waals surface area contributed by atoms with Gasteiger partial charge in [-0.25, -0.2) is 9.52 Å². The van der Waals surface area contributed by atoms with Crippen LogP contribution in [-0.2, 0) is 14.9 Å². The second-order valence-electron chi connectivity index (χ2n) is 4.74. The largest absolute Gasteiger partial charge is 0.452 e. The molecule has 2 N–H and O–H groups in total. The highest BCUT2D eigenvalue weighted by atomic mass is 32.2. The summed E-state index contributed by atoms with van der Waals surface area (Å²) in [4.78, 5) is 10.9. The number of carbonyl (C=O) groups is 1. The molecule has 0 aromatic rings. The minimum Gasteiger partial charge on any atom is -0.452 e. The van der Waals surface area contributed by atoms with Gasteiger partial charge >= 0.3 is 16.3 Å². The van der Waals surface area contributed by atoms with E-state index in [0.717, 1.165) is 26.4 Å². The van der Waals surface area contributed by atoms with Crippen molar-refractivity contribution in [3.63, 3.8) is 0 Å². The van der Waals surface area contributed by atoms with Gasteiger partial charge in [-0.05, 0) is 31.6 Å². The number of hydrogen-bond donors (Lipinski definition) is 2. The van der Waals surface area contributed by atoms with Crippen LogP contribution in [-0.4, -0.2) is 27.2 Å². The fourth-order valence-corrected chi connectivity index (χ4v) is 3.37. The van der Waals surface area contributed by atoms with E-state index in [0.29, 0.717) is 18.8 Å². The fourth-order valence-electron chi connectivity index (χ4n) is 2.25. The minimum absolute atomic E-state index is 0.449. The number of hydrogen-bond acceptors (Lipinski definition) is 5. The topological polar surface area (TPSA) is 108 Å². The monoisotopic (exact) mass is 289 g/mol. The Kier molecular flexibility index (Phi) is 5.14. The number of ether oxygens (including phenoxy) is 1. The van der Waals surface area contributed by atoms with Crippen molar-refractivity contribution in [3.05, 3.63) is 0 Å². The molecule has 0 aromatic heterocycles. The second kappa shape index (κ2) is 6.21. The van der Waals surface area contributed by atoms with E-state index in [-0.39, 0.29) is 0 Å². The van der Waals surface area contributed by atoms with Crippen LogP contribution in [0.3, 0.4) is 0 Å². The van der Waals surface area contributed by atoms with Crippen molar-refractivity contribution in [1.82, 2.24) is 9.44 Å². The molecule has 0 saturated heterocycles. The molecule has 0 unspecified atom stereocenters. The molecule has 0 spiro atoms. The molecule has 1 saturated carbocycles. The Labute approximate surface area is 113 Å². The van der Waals surface area contributed by atoms with Crippen molar-refractivity contribution in [2.75, 3.05) is 7.11 Å². The SMILES string of the molecule is CCC1CCC(C#N)(NS(=O)(=O)NC(=O)OC)CC1. The molecule has 0 bridgehead atoms. The van der Waals surface area contributed by atoms with E-state index in [1.165, 1.54) is 0 Å². The van der Waals surface area contributed by atoms with E-state index in [4.69, 9.17) is 0 Å². The Hall–Kier alpha value is -1.33. The highest BCUT2D eigenvalue weighted by molar-refractivity contribution is 7.88. The minimum atomic E-state index is -4.08. The maximum Gasteiger partial charge on any atom is 0.421 e. The van der Waals surface area contributed by atoms with Crippen LogP contribution in [0.15, 0.2) is 0 Å². The van der Waals surface area contributed by atoms with E-state index in [1.54, 1.807) is 4.72 Å². The Morgan fingerprint density at radius 3 is 2.47 bits per heavy atom. The number of amides is 1. The molecular weight excluding hydrogens is 270 g/mol. The zero-order valence-corrected chi connectivity index (χ0v) is 11.9. The molecule has 0 aliphatic heterocycles. The van der Waals surface area contributed by atoms with Crippen molar-refractivity contribution >= 4 is 16.3 Å². The first-order valence-corrected chi connectivity index (χ1v) is 7.65. The molecule has 19 heavy (non-hydrogen) atoms. The summed E-state index contributed by atoms with van der Waals surface area (Å²) in [5.41, 5.74) is -1.13. The average Bonchev–Trinajstić information content (AvgIpc) is 2.38. The predicted molar refractivity (Wildman–Crippen MR) is 68.2 cm³/mol. The Morgan fingerprint density at radius 2 is 2.05 bits per heavy atom. The predicted octanol–water partition coefficient (Wildman–Crippen LogP) is 1.04. The van der Waals surface area contributed by atoms with E-state index in [1.807, 2.05) is 6.07 Å². The van der Waals surface area contributed by atoms with Crippen molar-refractivity contribution in [2.24, 2.45) is 5.92 Å². The maximum atomic E-state index is 11.7. The molecule has 108 valence electrons. The Morgan fingerprint density at radius 1 is 1.47 bits per heavy atom. The van der Waals surface area contributed by atoms with Crippen molar-refractivity contribution in [3.8, 4) is 6.07 Å². The molecule has 0 aromatic carbocycles. The number of nitriles is 1. The quantitative estimate of drug-likeness (QED) is 0.803. The highest BCUT2D eigenvalue weighted by Gasteiger charge is 2.39. The third-order valence-electron chi connectivity index (χ3n) is 3.48. The van der Waals surface area contributed by atoms with E-state index >= 15 is 0 Å². The van der Waals surface area contributed by atoms with Gasteiger partial charge < -0.3 is 4.74 Å². The summed E-state index contributed by atoms with van der Waals surface area (Å²) in [6.45, 7) is 2.08. The molecule has 1 rings (SSSR count). The number of nitrogens with zero attached hydrogens (tertiary/aromatic N) is 1. The van der Waals surface area contributed by atoms with Gasteiger partial charge in [0.1, 0.15) is 5.54 Å². The smallest absolute Gasteiger partial charge is 0.421 e. The van der Waals surface area contributed by atoms with Crippen molar-refractivity contribution < 1.29 is 17.9 Å². The van der Waals surface area contributed by atoms with Gasteiger partial charge in [-0.3, -0.25) is 0 Å². The lowest BCUT2D eigenvalue weighted by molar-refractivity contribution is 0.177. The zero-order chi connectivity index (χ0) is 14.5. The van der Waals surface area contributed by atoms with Crippen LogP contribution in [0.25, 0.3) is 0 Å². The molecule has 7 nitrogen and oxygen atoms in total. The number of nitrogens with one attached hydrogen (secondary N) is 2. The summed E-state index contributed by atoms with van der Waals surface area (Å²) in [6.07, 6.45) is 2.43. The zero-order valence-electron chi connectivity index (χ0n) is 11.1. The van der Waals surface area contributed by atoms with E-state index in [9.17, 15) is 18.5 Å². The second-order valence-corrected chi connectivity index (χ2v) is 6.16. The summed E-state index contributed by atoms with van der Waals surface area (Å²) in [5, 5.41) is 9.23. The normalized spacial score (nSPS) is 27.3. The first-order valence-electron chi connectivity index (χ1n) is 6.17. The van der Waals surface area contributed by atoms with E-state index in [2.05, 4.69) is 16.4 Å². The summed E-state index contributed by atoms with van der Waals surface area (Å²) in [5.74, 6) is 0.527. The molecule has 0 radical (unpaired) electrons. The number of carbonyl (C=O) groups excluding carboxylic acids is 1. The molecule has 8 heteroatoms. The van der Waals surface area contributed by atoms with Crippen molar-refractivity contribution in [2.45, 2.75) is 44.6 Å². The lowest BCUT2D eigenvalue weighted by Gasteiger charge is -2.34. The number of rotatable bonds is 4. The van der Waals surface area contributed by atoms with Crippen LogP contribution >= 0.6 is 0 Å². The van der Waals surface area contributed by atoms with Gasteiger partial charge in [0.05, 0.1) is 13.2 Å². The van der Waals surface area contributed by atoms with Gasteiger partial charge in [0.15, 0.2) is 0 Å². The van der Waals surface area contributed by atoms with Gasteiger partial charge in [0.25, 0.3) is 0 Å². The summed E-state index contributed by atoms with van der Waals surface area (Å²) >= 11 is 0. The van der Waals surface area contributed by atoms with Crippen molar-refractivity contribution in [1.29, 1.82) is 5.26 Å². The van der Waals surface area contributed by atoms with Gasteiger partial charge in [-0.1, -0.05) is 13.3 Å². The van der Waals surface area contributed by atoms with E-state index < -0.39 is 21.8 Å². The summed E-state index contributed by atoms with van der Waals surface area (Å²) in [7, 11) is -3.02. The molecular formula is C11H19N3O4S. The Bertz CT molecular complexity index is 461. The molecule has 1 aliphatic carbocycles. The van der Waals surface area contributed by atoms with Crippen LogP contribution < -0.4 is 9.44 Å². The molecule has 1 fully saturated rings. The van der Waals surface area contributed by atoms with Crippen LogP contribution in [0.1, 0.15) is 39.0 Å². The number of methoxy groups -OCH3 is 1. The first kappa shape index (κ1) is 15.7.